The topological polar surface area (TPSA) is 29.5 Å². The Hall–Kier alpha value is -1.65. The minimum Gasteiger partial charge on any atom is -0.466 e. The molecule has 3 rings (SSSR count). The van der Waals surface area contributed by atoms with Gasteiger partial charge < -0.3 is 9.64 Å². The Labute approximate surface area is 148 Å². The van der Waals surface area contributed by atoms with E-state index in [2.05, 4.69) is 46.7 Å². The van der Waals surface area contributed by atoms with E-state index in [1.807, 2.05) is 6.92 Å². The van der Waals surface area contributed by atoms with Crippen LogP contribution >= 0.6 is 11.3 Å². The molecule has 1 fully saturated rings. The lowest BCUT2D eigenvalue weighted by atomic mass is 9.96. The smallest absolute Gasteiger partial charge is 0.309 e. The summed E-state index contributed by atoms with van der Waals surface area (Å²) in [6, 6.07) is 13.0. The van der Waals surface area contributed by atoms with E-state index in [1.54, 1.807) is 11.3 Å². The number of thiophene rings is 1. The molecule has 2 heterocycles. The molecule has 0 amide bonds. The molecule has 0 bridgehead atoms. The van der Waals surface area contributed by atoms with Crippen molar-refractivity contribution in [1.82, 2.24) is 4.90 Å². The largest absolute Gasteiger partial charge is 0.466 e. The van der Waals surface area contributed by atoms with Gasteiger partial charge in [0, 0.05) is 11.4 Å². The van der Waals surface area contributed by atoms with Gasteiger partial charge in [-0.05, 0) is 61.8 Å². The van der Waals surface area contributed by atoms with Gasteiger partial charge in [-0.25, -0.2) is 0 Å². The van der Waals surface area contributed by atoms with Crippen molar-refractivity contribution in [2.24, 2.45) is 5.92 Å². The summed E-state index contributed by atoms with van der Waals surface area (Å²) in [7, 11) is 0. The van der Waals surface area contributed by atoms with Gasteiger partial charge in [0.05, 0.1) is 12.5 Å². The molecule has 1 saturated heterocycles. The molecule has 0 N–H and O–H groups in total. The van der Waals surface area contributed by atoms with Crippen molar-refractivity contribution in [3.8, 4) is 10.4 Å². The third kappa shape index (κ3) is 4.25. The van der Waals surface area contributed by atoms with E-state index in [0.29, 0.717) is 6.61 Å². The molecule has 0 saturated carbocycles. The summed E-state index contributed by atoms with van der Waals surface area (Å²) in [4.78, 5) is 15.6. The number of hydrogen-bond acceptors (Lipinski definition) is 4. The predicted molar refractivity (Wildman–Crippen MR) is 99.3 cm³/mol. The highest BCUT2D eigenvalue weighted by atomic mass is 32.1. The van der Waals surface area contributed by atoms with Gasteiger partial charge in [0.25, 0.3) is 0 Å². The molecule has 128 valence electrons. The fourth-order valence-electron chi connectivity index (χ4n) is 3.34. The van der Waals surface area contributed by atoms with Crippen LogP contribution in [0.5, 0.6) is 0 Å². The minimum absolute atomic E-state index is 0.0137. The number of hydrogen-bond donors (Lipinski definition) is 0. The Bertz CT molecular complexity index is 645. The predicted octanol–water partition coefficient (Wildman–Crippen LogP) is 4.23. The first-order chi connectivity index (χ1) is 11.8. The van der Waals surface area contributed by atoms with E-state index in [0.717, 1.165) is 38.9 Å². The third-order valence-electron chi connectivity index (χ3n) is 4.71. The average molecular weight is 343 g/mol. The number of piperidine rings is 1. The van der Waals surface area contributed by atoms with Crippen molar-refractivity contribution in [2.45, 2.75) is 26.2 Å². The molecule has 1 aliphatic rings. The van der Waals surface area contributed by atoms with Crippen LogP contribution in [0.3, 0.4) is 0 Å². The van der Waals surface area contributed by atoms with E-state index >= 15 is 0 Å². The summed E-state index contributed by atoms with van der Waals surface area (Å²) in [6.45, 7) is 5.39. The van der Waals surface area contributed by atoms with Crippen LogP contribution in [-0.4, -0.2) is 37.1 Å². The first kappa shape index (κ1) is 17.2. The number of likely N-dealkylation sites (tertiary alicyclic amines) is 1. The highest BCUT2D eigenvalue weighted by Gasteiger charge is 2.25. The summed E-state index contributed by atoms with van der Waals surface area (Å²) in [5.74, 6) is 0.0831. The number of ether oxygens (including phenoxy) is 1. The number of carbonyl (C=O) groups is 1. The zero-order valence-electron chi connectivity index (χ0n) is 14.2. The van der Waals surface area contributed by atoms with Crippen LogP contribution in [-0.2, 0) is 16.0 Å². The number of carbonyl (C=O) groups excluding carboxylic acids is 1. The van der Waals surface area contributed by atoms with Crippen LogP contribution in [0.2, 0.25) is 0 Å². The van der Waals surface area contributed by atoms with Crippen molar-refractivity contribution < 1.29 is 9.53 Å². The van der Waals surface area contributed by atoms with Crippen molar-refractivity contribution >= 4 is 17.3 Å². The zero-order chi connectivity index (χ0) is 16.8. The molecule has 0 radical (unpaired) electrons. The number of nitrogens with zero attached hydrogens (tertiary/aromatic N) is 1. The standard InChI is InChI=1S/C20H25NO2S/c1-2-23-20(22)17-10-13-21(14-11-17)12-9-16-6-3-4-7-18(16)19-8-5-15-24-19/h3-8,15,17H,2,9-14H2,1H3. The molecular formula is C20H25NO2S. The van der Waals surface area contributed by atoms with Crippen molar-refractivity contribution in [3.63, 3.8) is 0 Å². The molecule has 0 atom stereocenters. The van der Waals surface area contributed by atoms with Gasteiger partial charge in [-0.2, -0.15) is 0 Å². The van der Waals surface area contributed by atoms with Crippen LogP contribution in [0.4, 0.5) is 0 Å². The second-order valence-electron chi connectivity index (χ2n) is 6.25. The fraction of sp³-hybridized carbons (Fsp3) is 0.450. The van der Waals surface area contributed by atoms with Gasteiger partial charge in [0.15, 0.2) is 0 Å². The Kier molecular flexibility index (Phi) is 6.05. The molecule has 0 unspecified atom stereocenters. The molecule has 3 nitrogen and oxygen atoms in total. The molecule has 4 heteroatoms. The highest BCUT2D eigenvalue weighted by Crippen LogP contribution is 2.28. The second-order valence-corrected chi connectivity index (χ2v) is 7.20. The van der Waals surface area contributed by atoms with Crippen molar-refractivity contribution in [3.05, 3.63) is 47.3 Å². The lowest BCUT2D eigenvalue weighted by Gasteiger charge is -2.30. The second kappa shape index (κ2) is 8.45. The molecule has 0 aliphatic carbocycles. The average Bonchev–Trinajstić information content (AvgIpc) is 3.15. The van der Waals surface area contributed by atoms with E-state index in [-0.39, 0.29) is 11.9 Å². The Balaban J connectivity index is 1.54. The van der Waals surface area contributed by atoms with Crippen LogP contribution in [0, 0.1) is 5.92 Å². The van der Waals surface area contributed by atoms with E-state index < -0.39 is 0 Å². The van der Waals surface area contributed by atoms with E-state index in [1.165, 1.54) is 16.0 Å². The van der Waals surface area contributed by atoms with Crippen molar-refractivity contribution in [1.29, 1.82) is 0 Å². The third-order valence-corrected chi connectivity index (χ3v) is 5.61. The fourth-order valence-corrected chi connectivity index (χ4v) is 4.13. The van der Waals surface area contributed by atoms with Crippen LogP contribution in [0.15, 0.2) is 41.8 Å². The maximum atomic E-state index is 11.8. The first-order valence-electron chi connectivity index (χ1n) is 8.78. The SMILES string of the molecule is CCOC(=O)C1CCN(CCc2ccccc2-c2cccs2)CC1. The molecule has 2 aromatic rings. The van der Waals surface area contributed by atoms with Gasteiger partial charge in [0.2, 0.25) is 0 Å². The Morgan fingerprint density at radius 3 is 2.71 bits per heavy atom. The minimum atomic E-state index is -0.0137. The van der Waals surface area contributed by atoms with Gasteiger partial charge in [-0.3, -0.25) is 4.79 Å². The summed E-state index contributed by atoms with van der Waals surface area (Å²) in [5.41, 5.74) is 2.77. The van der Waals surface area contributed by atoms with Gasteiger partial charge in [-0.15, -0.1) is 11.3 Å². The monoisotopic (exact) mass is 343 g/mol. The summed E-state index contributed by atoms with van der Waals surface area (Å²) in [5, 5.41) is 2.13. The number of benzene rings is 1. The highest BCUT2D eigenvalue weighted by molar-refractivity contribution is 7.13. The maximum Gasteiger partial charge on any atom is 0.309 e. The summed E-state index contributed by atoms with van der Waals surface area (Å²) in [6.07, 6.45) is 2.90. The molecule has 1 aromatic heterocycles. The van der Waals surface area contributed by atoms with E-state index in [4.69, 9.17) is 4.74 Å². The molecule has 1 aliphatic heterocycles. The quantitative estimate of drug-likeness (QED) is 0.735. The van der Waals surface area contributed by atoms with Crippen LogP contribution < -0.4 is 0 Å². The lowest BCUT2D eigenvalue weighted by molar-refractivity contribution is -0.149. The van der Waals surface area contributed by atoms with Crippen molar-refractivity contribution in [2.75, 3.05) is 26.2 Å². The number of rotatable bonds is 6. The van der Waals surface area contributed by atoms with Gasteiger partial charge >= 0.3 is 5.97 Å². The summed E-state index contributed by atoms with van der Waals surface area (Å²) >= 11 is 1.79. The Morgan fingerprint density at radius 2 is 2.00 bits per heavy atom. The van der Waals surface area contributed by atoms with Gasteiger partial charge in [-0.1, -0.05) is 30.3 Å². The normalized spacial score (nSPS) is 16.2. The maximum absolute atomic E-state index is 11.8. The molecule has 1 aromatic carbocycles. The number of esters is 1. The lowest BCUT2D eigenvalue weighted by Crippen LogP contribution is -2.38. The molecule has 24 heavy (non-hydrogen) atoms. The zero-order valence-corrected chi connectivity index (χ0v) is 15.1. The van der Waals surface area contributed by atoms with Crippen LogP contribution in [0.25, 0.3) is 10.4 Å². The molecular weight excluding hydrogens is 318 g/mol. The van der Waals surface area contributed by atoms with E-state index in [9.17, 15) is 4.79 Å². The Morgan fingerprint density at radius 1 is 1.21 bits per heavy atom. The van der Waals surface area contributed by atoms with Gasteiger partial charge in [0.1, 0.15) is 0 Å². The summed E-state index contributed by atoms with van der Waals surface area (Å²) < 4.78 is 5.15. The first-order valence-corrected chi connectivity index (χ1v) is 9.66. The molecule has 0 spiro atoms. The van der Waals surface area contributed by atoms with Crippen LogP contribution in [0.1, 0.15) is 25.3 Å².